The van der Waals surface area contributed by atoms with Crippen molar-refractivity contribution in [3.63, 3.8) is 0 Å². The van der Waals surface area contributed by atoms with Gasteiger partial charge in [-0.25, -0.2) is 4.98 Å². The second-order valence-electron chi connectivity index (χ2n) is 4.49. The average molecular weight is 321 g/mol. The summed E-state index contributed by atoms with van der Waals surface area (Å²) in [7, 11) is 0. The lowest BCUT2D eigenvalue weighted by molar-refractivity contribution is 0.610. The van der Waals surface area contributed by atoms with Crippen LogP contribution in [-0.2, 0) is 0 Å². The van der Waals surface area contributed by atoms with Gasteiger partial charge in [0.15, 0.2) is 4.34 Å². The summed E-state index contributed by atoms with van der Waals surface area (Å²) in [5.41, 5.74) is 1.11. The second-order valence-corrected chi connectivity index (χ2v) is 7.84. The molecule has 2 nitrogen and oxygen atoms in total. The molecule has 20 heavy (non-hydrogen) atoms. The van der Waals surface area contributed by atoms with Crippen LogP contribution in [0.5, 0.6) is 0 Å². The Hall–Kier alpha value is -0.880. The number of hydrogen-bond acceptors (Lipinski definition) is 5. The fourth-order valence-corrected chi connectivity index (χ4v) is 4.73. The SMILES string of the molecule is CC(NCCSc1nc2ccccc2s1)c1cccs1. The Morgan fingerprint density at radius 3 is 2.95 bits per heavy atom. The number of nitrogens with one attached hydrogen (secondary N) is 1. The van der Waals surface area contributed by atoms with Crippen molar-refractivity contribution in [1.29, 1.82) is 0 Å². The average Bonchev–Trinajstić information content (AvgIpc) is 3.11. The minimum Gasteiger partial charge on any atom is -0.309 e. The zero-order valence-electron chi connectivity index (χ0n) is 11.2. The van der Waals surface area contributed by atoms with E-state index in [1.54, 1.807) is 11.3 Å². The summed E-state index contributed by atoms with van der Waals surface area (Å²) >= 11 is 5.42. The summed E-state index contributed by atoms with van der Waals surface area (Å²) in [4.78, 5) is 6.03. The van der Waals surface area contributed by atoms with Gasteiger partial charge in [-0.1, -0.05) is 30.0 Å². The molecular weight excluding hydrogens is 304 g/mol. The minimum atomic E-state index is 0.436. The van der Waals surface area contributed by atoms with Crippen molar-refractivity contribution < 1.29 is 0 Å². The number of rotatable bonds is 6. The minimum absolute atomic E-state index is 0.436. The number of hydrogen-bond donors (Lipinski definition) is 1. The molecule has 1 atom stereocenters. The molecule has 104 valence electrons. The van der Waals surface area contributed by atoms with Crippen LogP contribution >= 0.6 is 34.4 Å². The normalized spacial score (nSPS) is 12.8. The molecule has 0 aliphatic carbocycles. The van der Waals surface area contributed by atoms with Gasteiger partial charge in [0.05, 0.1) is 10.2 Å². The van der Waals surface area contributed by atoms with Crippen LogP contribution in [0.1, 0.15) is 17.8 Å². The molecule has 3 aromatic rings. The van der Waals surface area contributed by atoms with E-state index in [1.807, 2.05) is 29.2 Å². The molecule has 1 unspecified atom stereocenters. The largest absolute Gasteiger partial charge is 0.309 e. The maximum absolute atomic E-state index is 4.64. The van der Waals surface area contributed by atoms with Gasteiger partial charge >= 0.3 is 0 Å². The fourth-order valence-electron chi connectivity index (χ4n) is 1.96. The first-order chi connectivity index (χ1) is 9.83. The maximum atomic E-state index is 4.64. The zero-order valence-corrected chi connectivity index (χ0v) is 13.7. The Bertz CT molecular complexity index is 628. The predicted molar refractivity (Wildman–Crippen MR) is 91.1 cm³/mol. The lowest BCUT2D eigenvalue weighted by Gasteiger charge is -2.10. The van der Waals surface area contributed by atoms with Gasteiger partial charge < -0.3 is 5.32 Å². The lowest BCUT2D eigenvalue weighted by atomic mass is 10.3. The Labute approximate surface area is 131 Å². The molecule has 0 aliphatic rings. The highest BCUT2D eigenvalue weighted by atomic mass is 32.2. The van der Waals surface area contributed by atoms with E-state index in [9.17, 15) is 0 Å². The number of thiazole rings is 1. The van der Waals surface area contributed by atoms with Crippen molar-refractivity contribution in [1.82, 2.24) is 10.3 Å². The first-order valence-corrected chi connectivity index (χ1v) is 9.26. The van der Waals surface area contributed by atoms with Crippen molar-refractivity contribution in [3.8, 4) is 0 Å². The van der Waals surface area contributed by atoms with Gasteiger partial charge in [-0.15, -0.1) is 22.7 Å². The van der Waals surface area contributed by atoms with Gasteiger partial charge in [-0.3, -0.25) is 0 Å². The van der Waals surface area contributed by atoms with Crippen molar-refractivity contribution in [2.75, 3.05) is 12.3 Å². The fraction of sp³-hybridized carbons (Fsp3) is 0.267. The van der Waals surface area contributed by atoms with E-state index in [1.165, 1.54) is 9.58 Å². The van der Waals surface area contributed by atoms with Gasteiger partial charge in [-0.05, 0) is 30.5 Å². The highest BCUT2D eigenvalue weighted by Gasteiger charge is 2.06. The molecule has 0 saturated heterocycles. The van der Waals surface area contributed by atoms with E-state index in [0.717, 1.165) is 22.2 Å². The summed E-state index contributed by atoms with van der Waals surface area (Å²) in [5, 5.41) is 5.68. The topological polar surface area (TPSA) is 24.9 Å². The summed E-state index contributed by atoms with van der Waals surface area (Å²) in [6.07, 6.45) is 0. The van der Waals surface area contributed by atoms with Crippen LogP contribution in [0.15, 0.2) is 46.1 Å². The maximum Gasteiger partial charge on any atom is 0.151 e. The van der Waals surface area contributed by atoms with E-state index in [0.29, 0.717) is 6.04 Å². The molecule has 3 rings (SSSR count). The van der Waals surface area contributed by atoms with E-state index >= 15 is 0 Å². The van der Waals surface area contributed by atoms with Crippen LogP contribution in [-0.4, -0.2) is 17.3 Å². The quantitative estimate of drug-likeness (QED) is 0.521. The molecule has 5 heteroatoms. The second kappa shape index (κ2) is 6.72. The van der Waals surface area contributed by atoms with E-state index in [4.69, 9.17) is 0 Å². The van der Waals surface area contributed by atoms with Crippen LogP contribution in [0, 0.1) is 0 Å². The molecular formula is C15H16N2S3. The third-order valence-electron chi connectivity index (χ3n) is 3.02. The van der Waals surface area contributed by atoms with Crippen LogP contribution in [0.3, 0.4) is 0 Å². The van der Waals surface area contributed by atoms with Gasteiger partial charge in [-0.2, -0.15) is 0 Å². The monoisotopic (exact) mass is 320 g/mol. The van der Waals surface area contributed by atoms with Gasteiger partial charge in [0.25, 0.3) is 0 Å². The standard InChI is InChI=1S/C15H16N2S3/c1-11(13-7-4-9-18-13)16-8-10-19-15-17-12-5-2-3-6-14(12)20-15/h2-7,9,11,16H,8,10H2,1H3. The Kier molecular flexibility index (Phi) is 4.73. The lowest BCUT2D eigenvalue weighted by Crippen LogP contribution is -2.20. The highest BCUT2D eigenvalue weighted by Crippen LogP contribution is 2.29. The highest BCUT2D eigenvalue weighted by molar-refractivity contribution is 8.01. The molecule has 0 aliphatic heterocycles. The molecule has 0 radical (unpaired) electrons. The first kappa shape index (κ1) is 14.1. The van der Waals surface area contributed by atoms with Crippen molar-refractivity contribution in [3.05, 3.63) is 46.7 Å². The molecule has 2 aromatic heterocycles. The van der Waals surface area contributed by atoms with Gasteiger partial charge in [0.2, 0.25) is 0 Å². The summed E-state index contributed by atoms with van der Waals surface area (Å²) in [5.74, 6) is 1.05. The Morgan fingerprint density at radius 2 is 2.15 bits per heavy atom. The molecule has 0 amide bonds. The van der Waals surface area contributed by atoms with Crippen molar-refractivity contribution >= 4 is 44.7 Å². The molecule has 0 saturated carbocycles. The molecule has 0 bridgehead atoms. The Morgan fingerprint density at radius 1 is 1.25 bits per heavy atom. The first-order valence-electron chi connectivity index (χ1n) is 6.58. The molecule has 0 fully saturated rings. The molecule has 2 heterocycles. The van der Waals surface area contributed by atoms with Crippen LogP contribution in [0.25, 0.3) is 10.2 Å². The summed E-state index contributed by atoms with van der Waals surface area (Å²) in [6.45, 7) is 3.22. The number of thioether (sulfide) groups is 1. The number of aromatic nitrogens is 1. The Balaban J connectivity index is 1.48. The smallest absolute Gasteiger partial charge is 0.151 e. The van der Waals surface area contributed by atoms with E-state index in [2.05, 4.69) is 52.9 Å². The third-order valence-corrected chi connectivity index (χ3v) is 6.26. The predicted octanol–water partition coefficient (Wildman–Crippen LogP) is 4.80. The number of para-hydroxylation sites is 1. The molecule has 1 aromatic carbocycles. The summed E-state index contributed by atoms with van der Waals surface area (Å²) < 4.78 is 2.44. The van der Waals surface area contributed by atoms with Gasteiger partial charge in [0.1, 0.15) is 0 Å². The van der Waals surface area contributed by atoms with E-state index in [-0.39, 0.29) is 0 Å². The van der Waals surface area contributed by atoms with E-state index < -0.39 is 0 Å². The van der Waals surface area contributed by atoms with Gasteiger partial charge in [0, 0.05) is 23.2 Å². The van der Waals surface area contributed by atoms with Crippen LogP contribution < -0.4 is 5.32 Å². The zero-order chi connectivity index (χ0) is 13.8. The number of benzene rings is 1. The molecule has 0 spiro atoms. The van der Waals surface area contributed by atoms with Crippen LogP contribution in [0.2, 0.25) is 0 Å². The third kappa shape index (κ3) is 3.41. The van der Waals surface area contributed by atoms with Crippen LogP contribution in [0.4, 0.5) is 0 Å². The van der Waals surface area contributed by atoms with Crippen molar-refractivity contribution in [2.45, 2.75) is 17.3 Å². The summed E-state index contributed by atoms with van der Waals surface area (Å²) in [6, 6.07) is 13.0. The number of thiophene rings is 1. The molecule has 1 N–H and O–H groups in total. The number of fused-ring (bicyclic) bond motifs is 1. The number of nitrogens with zero attached hydrogens (tertiary/aromatic N) is 1. The van der Waals surface area contributed by atoms with Crippen molar-refractivity contribution in [2.24, 2.45) is 0 Å².